The van der Waals surface area contributed by atoms with E-state index in [1.54, 1.807) is 18.2 Å². The molecular formula is C21H11Cl4N3OS2. The number of hydrogen-bond donors (Lipinski definition) is 2. The highest BCUT2D eigenvalue weighted by molar-refractivity contribution is 7.80. The number of fused-ring (bicyclic) bond motifs is 1. The molecule has 10 heteroatoms. The summed E-state index contributed by atoms with van der Waals surface area (Å²) in [5.74, 6) is -0.476. The van der Waals surface area contributed by atoms with Crippen molar-refractivity contribution in [2.45, 2.75) is 0 Å². The third-order valence-electron chi connectivity index (χ3n) is 4.23. The number of thiazole rings is 1. The Bertz CT molecular complexity index is 1310. The van der Waals surface area contributed by atoms with Crippen LogP contribution in [0, 0.1) is 0 Å². The summed E-state index contributed by atoms with van der Waals surface area (Å²) in [6, 6.07) is 15.7. The second-order valence-electron chi connectivity index (χ2n) is 6.33. The van der Waals surface area contributed by atoms with Crippen LogP contribution in [0.1, 0.15) is 10.4 Å². The molecule has 0 saturated heterocycles. The van der Waals surface area contributed by atoms with Gasteiger partial charge in [0.1, 0.15) is 5.01 Å². The minimum Gasteiger partial charge on any atom is -0.331 e. The van der Waals surface area contributed by atoms with Gasteiger partial charge in [-0.1, -0.05) is 58.5 Å². The number of carbonyl (C=O) groups is 1. The van der Waals surface area contributed by atoms with Crippen LogP contribution < -0.4 is 10.6 Å². The first-order chi connectivity index (χ1) is 14.8. The number of carbonyl (C=O) groups excluding carboxylic acids is 1. The van der Waals surface area contributed by atoms with Gasteiger partial charge in [-0.2, -0.15) is 0 Å². The van der Waals surface area contributed by atoms with E-state index in [2.05, 4.69) is 15.6 Å². The topological polar surface area (TPSA) is 54.0 Å². The summed E-state index contributed by atoms with van der Waals surface area (Å²) >= 11 is 31.5. The van der Waals surface area contributed by atoms with Crippen LogP contribution in [0.15, 0.2) is 54.6 Å². The molecule has 1 amide bonds. The summed E-state index contributed by atoms with van der Waals surface area (Å²) in [4.78, 5) is 17.1. The molecule has 156 valence electrons. The molecule has 4 aromatic rings. The van der Waals surface area contributed by atoms with Crippen LogP contribution in [0.4, 0.5) is 5.69 Å². The molecule has 0 atom stereocenters. The Balaban J connectivity index is 1.57. The monoisotopic (exact) mass is 525 g/mol. The molecule has 0 saturated carbocycles. The van der Waals surface area contributed by atoms with Gasteiger partial charge in [-0.3, -0.25) is 10.1 Å². The van der Waals surface area contributed by atoms with Crippen molar-refractivity contribution in [1.82, 2.24) is 10.3 Å². The van der Waals surface area contributed by atoms with Crippen molar-refractivity contribution in [3.8, 4) is 10.6 Å². The maximum atomic E-state index is 12.5. The van der Waals surface area contributed by atoms with E-state index in [-0.39, 0.29) is 15.7 Å². The summed E-state index contributed by atoms with van der Waals surface area (Å²) in [5, 5.41) is 7.75. The van der Waals surface area contributed by atoms with Gasteiger partial charge in [0.05, 0.1) is 36.5 Å². The fraction of sp³-hybridized carbons (Fsp3) is 0. The van der Waals surface area contributed by atoms with Crippen LogP contribution in [-0.4, -0.2) is 16.0 Å². The number of nitrogens with one attached hydrogen (secondary N) is 2. The molecule has 31 heavy (non-hydrogen) atoms. The van der Waals surface area contributed by atoms with E-state index >= 15 is 0 Å². The molecule has 1 heterocycles. The first-order valence-corrected chi connectivity index (χ1v) is 11.5. The standard InChI is InChI=1S/C21H11Cl4N3OS2/c22-10-5-6-11(13(23)7-10)19(29)28-21(30)27-17-8-12(14(24)9-15(17)25)20-26-16-3-1-2-4-18(16)31-20/h1-9H,(H2,27,28,29,30). The van der Waals surface area contributed by atoms with E-state index in [4.69, 9.17) is 58.6 Å². The summed E-state index contributed by atoms with van der Waals surface area (Å²) < 4.78 is 1.04. The fourth-order valence-electron chi connectivity index (χ4n) is 2.79. The summed E-state index contributed by atoms with van der Waals surface area (Å²) in [7, 11) is 0. The highest BCUT2D eigenvalue weighted by Crippen LogP contribution is 2.38. The normalized spacial score (nSPS) is 10.8. The summed E-state index contributed by atoms with van der Waals surface area (Å²) in [6.45, 7) is 0. The number of rotatable bonds is 3. The van der Waals surface area contributed by atoms with Crippen LogP contribution in [0.3, 0.4) is 0 Å². The molecule has 0 unspecified atom stereocenters. The molecule has 0 spiro atoms. The number of halogens is 4. The maximum Gasteiger partial charge on any atom is 0.258 e. The molecule has 0 radical (unpaired) electrons. The van der Waals surface area contributed by atoms with Crippen molar-refractivity contribution in [2.24, 2.45) is 0 Å². The molecule has 0 aliphatic rings. The molecule has 0 bridgehead atoms. The predicted molar refractivity (Wildman–Crippen MR) is 135 cm³/mol. The van der Waals surface area contributed by atoms with E-state index in [1.807, 2.05) is 24.3 Å². The number of thiocarbonyl (C=S) groups is 1. The zero-order valence-electron chi connectivity index (χ0n) is 15.4. The zero-order chi connectivity index (χ0) is 22.1. The van der Waals surface area contributed by atoms with Crippen LogP contribution in [0.5, 0.6) is 0 Å². The highest BCUT2D eigenvalue weighted by Gasteiger charge is 2.16. The Hall–Kier alpha value is -1.93. The second-order valence-corrected chi connectivity index (χ2v) is 9.43. The molecule has 3 aromatic carbocycles. The van der Waals surface area contributed by atoms with E-state index in [9.17, 15) is 4.79 Å². The van der Waals surface area contributed by atoms with Gasteiger partial charge in [0.15, 0.2) is 5.11 Å². The number of anilines is 1. The van der Waals surface area contributed by atoms with E-state index in [0.29, 0.717) is 26.3 Å². The first-order valence-electron chi connectivity index (χ1n) is 8.74. The van der Waals surface area contributed by atoms with E-state index < -0.39 is 5.91 Å². The van der Waals surface area contributed by atoms with Gasteiger partial charge < -0.3 is 5.32 Å². The van der Waals surface area contributed by atoms with Gasteiger partial charge >= 0.3 is 0 Å². The Morgan fingerprint density at radius 1 is 0.935 bits per heavy atom. The van der Waals surface area contributed by atoms with Crippen LogP contribution in [0.2, 0.25) is 20.1 Å². The van der Waals surface area contributed by atoms with Crippen molar-refractivity contribution in [3.05, 3.63) is 80.3 Å². The van der Waals surface area contributed by atoms with Crippen molar-refractivity contribution >= 4 is 96.9 Å². The van der Waals surface area contributed by atoms with Crippen molar-refractivity contribution in [3.63, 3.8) is 0 Å². The second kappa shape index (κ2) is 9.28. The SMILES string of the molecule is O=C(NC(=S)Nc1cc(-c2nc3ccccc3s2)c(Cl)cc1Cl)c1ccc(Cl)cc1Cl. The van der Waals surface area contributed by atoms with Crippen LogP contribution >= 0.6 is 70.0 Å². The lowest BCUT2D eigenvalue weighted by atomic mass is 10.2. The number of aromatic nitrogens is 1. The Kier molecular flexibility index (Phi) is 6.67. The largest absolute Gasteiger partial charge is 0.331 e. The molecule has 2 N–H and O–H groups in total. The number of benzene rings is 3. The number of para-hydroxylation sites is 1. The van der Waals surface area contributed by atoms with Gasteiger partial charge in [-0.15, -0.1) is 11.3 Å². The smallest absolute Gasteiger partial charge is 0.258 e. The summed E-state index contributed by atoms with van der Waals surface area (Å²) in [6.07, 6.45) is 0. The van der Waals surface area contributed by atoms with Crippen LogP contribution in [-0.2, 0) is 0 Å². The third kappa shape index (κ3) is 4.95. The Morgan fingerprint density at radius 2 is 1.71 bits per heavy atom. The highest BCUT2D eigenvalue weighted by atomic mass is 35.5. The zero-order valence-corrected chi connectivity index (χ0v) is 20.0. The van der Waals surface area contributed by atoms with Gasteiger partial charge in [0, 0.05) is 10.6 Å². The van der Waals surface area contributed by atoms with Crippen molar-refractivity contribution in [1.29, 1.82) is 0 Å². The quantitative estimate of drug-likeness (QED) is 0.268. The minimum atomic E-state index is -0.476. The molecule has 0 fully saturated rings. The van der Waals surface area contributed by atoms with Crippen molar-refractivity contribution in [2.75, 3.05) is 5.32 Å². The number of hydrogen-bond acceptors (Lipinski definition) is 4. The average molecular weight is 527 g/mol. The molecule has 4 nitrogen and oxygen atoms in total. The molecular weight excluding hydrogens is 516 g/mol. The molecule has 1 aromatic heterocycles. The number of amides is 1. The first kappa shape index (κ1) is 22.3. The van der Waals surface area contributed by atoms with E-state index in [0.717, 1.165) is 15.2 Å². The molecule has 0 aliphatic carbocycles. The Morgan fingerprint density at radius 3 is 2.45 bits per heavy atom. The van der Waals surface area contributed by atoms with Crippen LogP contribution in [0.25, 0.3) is 20.8 Å². The average Bonchev–Trinajstić information content (AvgIpc) is 3.13. The minimum absolute atomic E-state index is 0.0514. The van der Waals surface area contributed by atoms with E-state index in [1.165, 1.54) is 23.5 Å². The fourth-order valence-corrected chi connectivity index (χ4v) is 5.06. The lowest BCUT2D eigenvalue weighted by Gasteiger charge is -2.13. The lowest BCUT2D eigenvalue weighted by molar-refractivity contribution is 0.0978. The van der Waals surface area contributed by atoms with Crippen molar-refractivity contribution < 1.29 is 4.79 Å². The van der Waals surface area contributed by atoms with Gasteiger partial charge in [0.2, 0.25) is 0 Å². The van der Waals surface area contributed by atoms with Gasteiger partial charge in [-0.25, -0.2) is 4.98 Å². The maximum absolute atomic E-state index is 12.5. The predicted octanol–water partition coefficient (Wildman–Crippen LogP) is 7.70. The molecule has 4 rings (SSSR count). The van der Waals surface area contributed by atoms with Gasteiger partial charge in [0.25, 0.3) is 5.91 Å². The summed E-state index contributed by atoms with van der Waals surface area (Å²) in [5.41, 5.74) is 2.30. The molecule has 0 aliphatic heterocycles. The third-order valence-corrected chi connectivity index (χ3v) is 6.68. The van der Waals surface area contributed by atoms with Gasteiger partial charge in [-0.05, 0) is 54.7 Å². The Labute approximate surface area is 207 Å². The number of nitrogens with zero attached hydrogens (tertiary/aromatic N) is 1. The lowest BCUT2D eigenvalue weighted by Crippen LogP contribution is -2.34.